The Hall–Kier alpha value is -0.200. The molecular weight excluding hydrogens is 337 g/mol. The molecule has 0 aliphatic carbocycles. The van der Waals surface area contributed by atoms with Crippen molar-refractivity contribution in [3.63, 3.8) is 0 Å². The first-order valence-corrected chi connectivity index (χ1v) is 6.85. The highest BCUT2D eigenvalue weighted by molar-refractivity contribution is 14.1. The summed E-state index contributed by atoms with van der Waals surface area (Å²) in [7, 11) is 0. The van der Waals surface area contributed by atoms with Crippen molar-refractivity contribution in [3.05, 3.63) is 42.4 Å². The van der Waals surface area contributed by atoms with E-state index in [1.54, 1.807) is 11.3 Å². The Bertz CT molecular complexity index is 554. The minimum absolute atomic E-state index is 0.925. The lowest BCUT2D eigenvalue weighted by atomic mass is 10.3. The van der Waals surface area contributed by atoms with Crippen LogP contribution in [0.15, 0.2) is 24.3 Å². The molecule has 78 valence electrons. The molecular formula is C11H10INS2. The predicted molar refractivity (Wildman–Crippen MR) is 76.7 cm³/mol. The molecule has 1 heterocycles. The first-order chi connectivity index (χ1) is 7.11. The van der Waals surface area contributed by atoms with Gasteiger partial charge in [0, 0.05) is 14.1 Å². The van der Waals surface area contributed by atoms with Gasteiger partial charge in [-0.05, 0) is 60.8 Å². The van der Waals surface area contributed by atoms with Crippen molar-refractivity contribution in [1.82, 2.24) is 4.57 Å². The molecule has 1 aromatic heterocycles. The summed E-state index contributed by atoms with van der Waals surface area (Å²) in [4.78, 5) is 1.29. The molecule has 0 saturated carbocycles. The van der Waals surface area contributed by atoms with Crippen molar-refractivity contribution in [2.75, 3.05) is 0 Å². The molecule has 1 nitrogen and oxygen atoms in total. The Kier molecular flexibility index (Phi) is 3.27. The topological polar surface area (TPSA) is 4.93 Å². The molecule has 0 aliphatic heterocycles. The molecule has 2 aromatic rings. The van der Waals surface area contributed by atoms with E-state index in [0.717, 1.165) is 3.95 Å². The monoisotopic (exact) mass is 347 g/mol. The Morgan fingerprint density at radius 1 is 1.27 bits per heavy atom. The molecule has 0 aliphatic rings. The van der Waals surface area contributed by atoms with Gasteiger partial charge < -0.3 is 0 Å². The van der Waals surface area contributed by atoms with Crippen LogP contribution in [0.25, 0.3) is 5.69 Å². The maximum absolute atomic E-state index is 5.38. The second kappa shape index (κ2) is 4.35. The van der Waals surface area contributed by atoms with Crippen LogP contribution in [0.3, 0.4) is 0 Å². The van der Waals surface area contributed by atoms with E-state index in [1.807, 2.05) is 12.1 Å². The number of aromatic nitrogens is 1. The van der Waals surface area contributed by atoms with Gasteiger partial charge in [0.25, 0.3) is 0 Å². The van der Waals surface area contributed by atoms with Crippen LogP contribution in [0.1, 0.15) is 10.6 Å². The lowest BCUT2D eigenvalue weighted by Crippen LogP contribution is -1.98. The Labute approximate surface area is 112 Å². The average Bonchev–Trinajstić information content (AvgIpc) is 2.43. The second-order valence-corrected chi connectivity index (χ2v) is 6.31. The summed E-state index contributed by atoms with van der Waals surface area (Å²) >= 11 is 9.40. The number of para-hydroxylation sites is 1. The predicted octanol–water partition coefficient (Wildman–Crippen LogP) is 4.49. The van der Waals surface area contributed by atoms with Gasteiger partial charge in [0.15, 0.2) is 3.95 Å². The van der Waals surface area contributed by atoms with E-state index in [1.165, 1.54) is 19.8 Å². The van der Waals surface area contributed by atoms with E-state index < -0.39 is 0 Å². The number of halogens is 1. The quantitative estimate of drug-likeness (QED) is 0.544. The molecule has 0 radical (unpaired) electrons. The number of aryl methyl sites for hydroxylation is 1. The molecule has 0 atom stereocenters. The van der Waals surface area contributed by atoms with Crippen LogP contribution in [0, 0.1) is 21.4 Å². The van der Waals surface area contributed by atoms with Crippen molar-refractivity contribution in [2.45, 2.75) is 13.8 Å². The van der Waals surface area contributed by atoms with Crippen LogP contribution < -0.4 is 0 Å². The standard InChI is InChI=1S/C11H10INS2/c1-7-8(2)15-11(14)13(7)10-6-4-3-5-9(10)12/h3-6H,1-2H3. The summed E-state index contributed by atoms with van der Waals surface area (Å²) in [6.45, 7) is 4.23. The highest BCUT2D eigenvalue weighted by Gasteiger charge is 2.08. The number of benzene rings is 1. The van der Waals surface area contributed by atoms with Crippen LogP contribution in [0.5, 0.6) is 0 Å². The summed E-state index contributed by atoms with van der Waals surface area (Å²) < 4.78 is 4.30. The normalized spacial score (nSPS) is 10.6. The molecule has 15 heavy (non-hydrogen) atoms. The van der Waals surface area contributed by atoms with Crippen molar-refractivity contribution < 1.29 is 0 Å². The SMILES string of the molecule is Cc1sc(=S)n(-c2ccccc2I)c1C. The van der Waals surface area contributed by atoms with E-state index in [2.05, 4.69) is 53.1 Å². The number of hydrogen-bond donors (Lipinski definition) is 0. The van der Waals surface area contributed by atoms with Gasteiger partial charge in [0.05, 0.1) is 5.69 Å². The molecule has 0 amide bonds. The van der Waals surface area contributed by atoms with E-state index in [0.29, 0.717) is 0 Å². The van der Waals surface area contributed by atoms with Crippen LogP contribution in [0.2, 0.25) is 0 Å². The Balaban J connectivity index is 2.75. The van der Waals surface area contributed by atoms with E-state index in [9.17, 15) is 0 Å². The van der Waals surface area contributed by atoms with Crippen molar-refractivity contribution in [2.24, 2.45) is 0 Å². The van der Waals surface area contributed by atoms with Gasteiger partial charge in [-0.2, -0.15) is 0 Å². The van der Waals surface area contributed by atoms with E-state index in [-0.39, 0.29) is 0 Å². The van der Waals surface area contributed by atoms with Crippen LogP contribution >= 0.6 is 46.1 Å². The van der Waals surface area contributed by atoms with Crippen molar-refractivity contribution in [3.8, 4) is 5.69 Å². The summed E-state index contributed by atoms with van der Waals surface area (Å²) in [5.74, 6) is 0. The first-order valence-electron chi connectivity index (χ1n) is 4.55. The molecule has 0 unspecified atom stereocenters. The largest absolute Gasteiger partial charge is 0.295 e. The number of hydrogen-bond acceptors (Lipinski definition) is 2. The van der Waals surface area contributed by atoms with Crippen LogP contribution in [0.4, 0.5) is 0 Å². The lowest BCUT2D eigenvalue weighted by molar-refractivity contribution is 0.988. The second-order valence-electron chi connectivity index (χ2n) is 3.30. The van der Waals surface area contributed by atoms with Crippen molar-refractivity contribution in [1.29, 1.82) is 0 Å². The minimum Gasteiger partial charge on any atom is -0.295 e. The molecule has 2 rings (SSSR count). The third-order valence-electron chi connectivity index (χ3n) is 2.36. The fraction of sp³-hybridized carbons (Fsp3) is 0.182. The van der Waals surface area contributed by atoms with E-state index in [4.69, 9.17) is 12.2 Å². The molecule has 4 heteroatoms. The van der Waals surface area contributed by atoms with Crippen molar-refractivity contribution >= 4 is 46.1 Å². The number of thiazole rings is 1. The van der Waals surface area contributed by atoms with Gasteiger partial charge in [0.2, 0.25) is 0 Å². The zero-order valence-corrected chi connectivity index (χ0v) is 12.2. The first kappa shape index (κ1) is 11.3. The summed E-state index contributed by atoms with van der Waals surface area (Å²) in [5, 5.41) is 0. The number of rotatable bonds is 1. The zero-order valence-electron chi connectivity index (χ0n) is 8.45. The third kappa shape index (κ3) is 2.03. The van der Waals surface area contributed by atoms with Gasteiger partial charge in [-0.15, -0.1) is 11.3 Å². The summed E-state index contributed by atoms with van der Waals surface area (Å²) in [6.07, 6.45) is 0. The smallest absolute Gasteiger partial charge is 0.166 e. The van der Waals surface area contributed by atoms with Crippen LogP contribution in [-0.2, 0) is 0 Å². The molecule has 0 bridgehead atoms. The highest BCUT2D eigenvalue weighted by atomic mass is 127. The summed E-state index contributed by atoms with van der Waals surface area (Å²) in [6, 6.07) is 8.30. The maximum Gasteiger partial charge on any atom is 0.166 e. The zero-order chi connectivity index (χ0) is 11.0. The Morgan fingerprint density at radius 2 is 1.93 bits per heavy atom. The molecule has 0 fully saturated rings. The van der Waals surface area contributed by atoms with E-state index >= 15 is 0 Å². The molecule has 0 N–H and O–H groups in total. The lowest BCUT2D eigenvalue weighted by Gasteiger charge is -2.07. The summed E-state index contributed by atoms with van der Waals surface area (Å²) in [5.41, 5.74) is 2.43. The van der Waals surface area contributed by atoms with Gasteiger partial charge >= 0.3 is 0 Å². The number of nitrogens with zero attached hydrogens (tertiary/aromatic N) is 1. The molecule has 0 spiro atoms. The molecule has 0 saturated heterocycles. The van der Waals surface area contributed by atoms with Gasteiger partial charge in [0.1, 0.15) is 0 Å². The Morgan fingerprint density at radius 3 is 2.47 bits per heavy atom. The maximum atomic E-state index is 5.38. The average molecular weight is 347 g/mol. The highest BCUT2D eigenvalue weighted by Crippen LogP contribution is 2.25. The fourth-order valence-electron chi connectivity index (χ4n) is 1.46. The minimum atomic E-state index is 0.925. The van der Waals surface area contributed by atoms with Gasteiger partial charge in [-0.25, -0.2) is 0 Å². The van der Waals surface area contributed by atoms with Gasteiger partial charge in [-0.3, -0.25) is 4.57 Å². The molecule has 1 aromatic carbocycles. The van der Waals surface area contributed by atoms with Gasteiger partial charge in [-0.1, -0.05) is 12.1 Å². The van der Waals surface area contributed by atoms with Crippen LogP contribution in [-0.4, -0.2) is 4.57 Å². The third-order valence-corrected chi connectivity index (χ3v) is 4.66. The fourth-order valence-corrected chi connectivity index (χ4v) is 3.52.